The van der Waals surface area contributed by atoms with Gasteiger partial charge in [-0.05, 0) is 37.8 Å². The van der Waals surface area contributed by atoms with Gasteiger partial charge in [-0.15, -0.1) is 0 Å². The number of nitrogens with two attached hydrogens (primary N) is 1. The van der Waals surface area contributed by atoms with E-state index in [4.69, 9.17) is 10.2 Å². The van der Waals surface area contributed by atoms with Crippen LogP contribution in [0.25, 0.3) is 0 Å². The molecule has 1 aromatic heterocycles. The molecular weight excluding hydrogens is 236 g/mol. The van der Waals surface area contributed by atoms with Crippen LogP contribution in [0.1, 0.15) is 57.1 Å². The van der Waals surface area contributed by atoms with Crippen LogP contribution in [0.5, 0.6) is 0 Å². The molecule has 108 valence electrons. The molecule has 2 rings (SSSR count). The molecule has 0 aromatic carbocycles. The second-order valence-corrected chi connectivity index (χ2v) is 6.23. The zero-order chi connectivity index (χ0) is 13.8. The fourth-order valence-electron chi connectivity index (χ4n) is 3.24. The summed E-state index contributed by atoms with van der Waals surface area (Å²) < 4.78 is 5.84. The summed E-state index contributed by atoms with van der Waals surface area (Å²) in [6.45, 7) is 8.30. The molecule has 1 saturated carbocycles. The largest absolute Gasteiger partial charge is 0.465 e. The van der Waals surface area contributed by atoms with E-state index in [1.54, 1.807) is 0 Å². The molecule has 1 aliphatic rings. The van der Waals surface area contributed by atoms with Gasteiger partial charge in [0.1, 0.15) is 11.5 Å². The van der Waals surface area contributed by atoms with Gasteiger partial charge in [0.15, 0.2) is 0 Å². The first kappa shape index (κ1) is 14.6. The molecule has 1 unspecified atom stereocenters. The Morgan fingerprint density at radius 3 is 2.47 bits per heavy atom. The minimum Gasteiger partial charge on any atom is -0.465 e. The van der Waals surface area contributed by atoms with Crippen LogP contribution in [-0.2, 0) is 0 Å². The van der Waals surface area contributed by atoms with Crippen molar-refractivity contribution in [2.24, 2.45) is 11.7 Å². The smallest absolute Gasteiger partial charge is 0.122 e. The van der Waals surface area contributed by atoms with Crippen LogP contribution < -0.4 is 5.73 Å². The molecule has 1 fully saturated rings. The van der Waals surface area contributed by atoms with Crippen LogP contribution in [0.4, 0.5) is 0 Å². The van der Waals surface area contributed by atoms with Gasteiger partial charge in [0.25, 0.3) is 0 Å². The Morgan fingerprint density at radius 1 is 1.32 bits per heavy atom. The van der Waals surface area contributed by atoms with Crippen molar-refractivity contribution in [3.05, 3.63) is 23.7 Å². The van der Waals surface area contributed by atoms with Gasteiger partial charge >= 0.3 is 0 Å². The maximum Gasteiger partial charge on any atom is 0.122 e. The van der Waals surface area contributed by atoms with Crippen LogP contribution in [-0.4, -0.2) is 24.0 Å². The molecule has 1 atom stereocenters. The van der Waals surface area contributed by atoms with E-state index in [-0.39, 0.29) is 6.04 Å². The highest BCUT2D eigenvalue weighted by molar-refractivity contribution is 5.11. The summed E-state index contributed by atoms with van der Waals surface area (Å²) >= 11 is 0. The predicted octanol–water partition coefficient (Wildman–Crippen LogP) is 3.49. The quantitative estimate of drug-likeness (QED) is 0.855. The van der Waals surface area contributed by atoms with Gasteiger partial charge in [-0.2, -0.15) is 0 Å². The first-order chi connectivity index (χ1) is 9.11. The van der Waals surface area contributed by atoms with Gasteiger partial charge in [0.2, 0.25) is 0 Å². The van der Waals surface area contributed by atoms with Gasteiger partial charge < -0.3 is 10.2 Å². The molecule has 19 heavy (non-hydrogen) atoms. The van der Waals surface area contributed by atoms with Crippen molar-refractivity contribution in [1.29, 1.82) is 0 Å². The Hall–Kier alpha value is -0.800. The molecule has 0 aliphatic heterocycles. The van der Waals surface area contributed by atoms with E-state index < -0.39 is 0 Å². The summed E-state index contributed by atoms with van der Waals surface area (Å²) in [5, 5.41) is 0. The summed E-state index contributed by atoms with van der Waals surface area (Å²) in [4.78, 5) is 2.59. The van der Waals surface area contributed by atoms with Crippen molar-refractivity contribution in [3.8, 4) is 0 Å². The third-order valence-corrected chi connectivity index (χ3v) is 4.08. The summed E-state index contributed by atoms with van der Waals surface area (Å²) in [6.07, 6.45) is 5.33. The number of hydrogen-bond donors (Lipinski definition) is 1. The van der Waals surface area contributed by atoms with Crippen LogP contribution in [0.15, 0.2) is 16.5 Å². The summed E-state index contributed by atoms with van der Waals surface area (Å²) in [6, 6.07) is 5.05. The lowest BCUT2D eigenvalue weighted by Gasteiger charge is -2.36. The zero-order valence-electron chi connectivity index (χ0n) is 12.6. The lowest BCUT2D eigenvalue weighted by Crippen LogP contribution is -2.42. The van der Waals surface area contributed by atoms with Gasteiger partial charge in [-0.3, -0.25) is 4.90 Å². The van der Waals surface area contributed by atoms with E-state index >= 15 is 0 Å². The molecule has 0 saturated heterocycles. The van der Waals surface area contributed by atoms with Crippen molar-refractivity contribution >= 4 is 0 Å². The first-order valence-electron chi connectivity index (χ1n) is 7.64. The number of rotatable bonds is 6. The Labute approximate surface area is 117 Å². The van der Waals surface area contributed by atoms with E-state index in [1.165, 1.54) is 25.7 Å². The summed E-state index contributed by atoms with van der Waals surface area (Å²) in [5.41, 5.74) is 6.06. The summed E-state index contributed by atoms with van der Waals surface area (Å²) in [7, 11) is 0. The average molecular weight is 264 g/mol. The lowest BCUT2D eigenvalue weighted by molar-refractivity contribution is 0.107. The minimum absolute atomic E-state index is 0.235. The maximum atomic E-state index is 6.06. The molecule has 3 nitrogen and oxygen atoms in total. The molecule has 0 bridgehead atoms. The number of furan rings is 1. The van der Waals surface area contributed by atoms with Crippen molar-refractivity contribution < 1.29 is 4.42 Å². The molecule has 0 radical (unpaired) electrons. The Kier molecular flexibility index (Phi) is 5.06. The average Bonchev–Trinajstić information content (AvgIpc) is 2.99. The molecule has 3 heteroatoms. The second-order valence-electron chi connectivity index (χ2n) is 6.23. The standard InChI is InChI=1S/C16H28N2O/c1-12(2)11-18(14-6-4-5-7-14)15(10-17)16-9-8-13(3)19-16/h8-9,12,14-15H,4-7,10-11,17H2,1-3H3. The van der Waals surface area contributed by atoms with Crippen LogP contribution in [0.2, 0.25) is 0 Å². The molecule has 1 aromatic rings. The van der Waals surface area contributed by atoms with E-state index in [0.29, 0.717) is 18.5 Å². The molecule has 2 N–H and O–H groups in total. The zero-order valence-corrected chi connectivity index (χ0v) is 12.6. The highest BCUT2D eigenvalue weighted by Gasteiger charge is 2.30. The van der Waals surface area contributed by atoms with E-state index in [9.17, 15) is 0 Å². The third-order valence-electron chi connectivity index (χ3n) is 4.08. The molecule has 1 aliphatic carbocycles. The molecule has 0 spiro atoms. The van der Waals surface area contributed by atoms with Gasteiger partial charge in [0.05, 0.1) is 6.04 Å². The Morgan fingerprint density at radius 2 is 2.00 bits per heavy atom. The fourth-order valence-corrected chi connectivity index (χ4v) is 3.24. The van der Waals surface area contributed by atoms with Gasteiger partial charge in [-0.1, -0.05) is 26.7 Å². The number of hydrogen-bond acceptors (Lipinski definition) is 3. The second kappa shape index (κ2) is 6.58. The van der Waals surface area contributed by atoms with Crippen LogP contribution >= 0.6 is 0 Å². The monoisotopic (exact) mass is 264 g/mol. The molecule has 0 amide bonds. The van der Waals surface area contributed by atoms with E-state index in [2.05, 4.69) is 24.8 Å². The Balaban J connectivity index is 2.18. The van der Waals surface area contributed by atoms with Crippen molar-refractivity contribution in [3.63, 3.8) is 0 Å². The van der Waals surface area contributed by atoms with Crippen molar-refractivity contribution in [2.45, 2.75) is 58.5 Å². The van der Waals surface area contributed by atoms with Crippen molar-refractivity contribution in [2.75, 3.05) is 13.1 Å². The van der Waals surface area contributed by atoms with Crippen molar-refractivity contribution in [1.82, 2.24) is 4.90 Å². The number of nitrogens with zero attached hydrogens (tertiary/aromatic N) is 1. The lowest BCUT2D eigenvalue weighted by atomic mass is 10.1. The highest BCUT2D eigenvalue weighted by atomic mass is 16.3. The number of aryl methyl sites for hydroxylation is 1. The van der Waals surface area contributed by atoms with Crippen LogP contribution in [0.3, 0.4) is 0 Å². The van der Waals surface area contributed by atoms with E-state index in [1.807, 2.05) is 13.0 Å². The maximum absolute atomic E-state index is 6.06. The molecule has 1 heterocycles. The minimum atomic E-state index is 0.235. The topological polar surface area (TPSA) is 42.4 Å². The van der Waals surface area contributed by atoms with Crippen LogP contribution in [0, 0.1) is 12.8 Å². The SMILES string of the molecule is Cc1ccc(C(CN)N(CC(C)C)C2CCCC2)o1. The van der Waals surface area contributed by atoms with Gasteiger partial charge in [0, 0.05) is 19.1 Å². The van der Waals surface area contributed by atoms with E-state index in [0.717, 1.165) is 18.1 Å². The third kappa shape index (κ3) is 3.61. The fraction of sp³-hybridized carbons (Fsp3) is 0.750. The Bertz CT molecular complexity index is 380. The molecular formula is C16H28N2O. The normalized spacial score (nSPS) is 18.6. The first-order valence-corrected chi connectivity index (χ1v) is 7.64. The summed E-state index contributed by atoms with van der Waals surface area (Å²) in [5.74, 6) is 2.67. The predicted molar refractivity (Wildman–Crippen MR) is 79.0 cm³/mol. The highest BCUT2D eigenvalue weighted by Crippen LogP contribution is 2.32. The van der Waals surface area contributed by atoms with Gasteiger partial charge in [-0.25, -0.2) is 0 Å².